The third-order valence-electron chi connectivity index (χ3n) is 3.15. The first-order chi connectivity index (χ1) is 7.83. The summed E-state index contributed by atoms with van der Waals surface area (Å²) in [5.41, 5.74) is 4.48. The van der Waals surface area contributed by atoms with Gasteiger partial charge in [0, 0.05) is 11.8 Å². The van der Waals surface area contributed by atoms with Crippen molar-refractivity contribution < 1.29 is 0 Å². The Labute approximate surface area is 97.9 Å². The molecule has 0 amide bonds. The minimum atomic E-state index is 0.682. The second-order valence-electron chi connectivity index (χ2n) is 3.97. The van der Waals surface area contributed by atoms with Gasteiger partial charge in [-0.15, -0.1) is 5.10 Å². The van der Waals surface area contributed by atoms with Crippen molar-refractivity contribution in [2.75, 3.05) is 0 Å². The molecule has 0 radical (unpaired) electrons. The van der Waals surface area contributed by atoms with Crippen LogP contribution in [0.4, 0.5) is 0 Å². The highest BCUT2D eigenvalue weighted by atomic mass is 35.5. The minimum Gasteiger partial charge on any atom is -0.231 e. The van der Waals surface area contributed by atoms with E-state index in [1.54, 1.807) is 0 Å². The standard InChI is InChI=1S/C11H9ClN4/c12-16-11-8-4-2-1-3-7(8)9(5-13)10(11)14-6-15-16/h6H,1-4H2. The van der Waals surface area contributed by atoms with Crippen LogP contribution in [-0.2, 0) is 12.8 Å². The third-order valence-corrected chi connectivity index (χ3v) is 3.41. The Morgan fingerprint density at radius 3 is 2.81 bits per heavy atom. The van der Waals surface area contributed by atoms with E-state index in [1.165, 1.54) is 10.5 Å². The summed E-state index contributed by atoms with van der Waals surface area (Å²) < 4.78 is 1.31. The van der Waals surface area contributed by atoms with E-state index in [9.17, 15) is 5.26 Å². The molecule has 0 aromatic heterocycles. The van der Waals surface area contributed by atoms with Crippen LogP contribution in [0.5, 0.6) is 0 Å². The molecule has 3 aliphatic rings. The second kappa shape index (κ2) is 3.46. The highest BCUT2D eigenvalue weighted by Crippen LogP contribution is 2.38. The van der Waals surface area contributed by atoms with Gasteiger partial charge in [0.2, 0.25) is 0 Å². The summed E-state index contributed by atoms with van der Waals surface area (Å²) >= 11 is 6.02. The maximum Gasteiger partial charge on any atom is 0.138 e. The fraction of sp³-hybridized carbons (Fsp3) is 0.364. The molecule has 0 atom stereocenters. The van der Waals surface area contributed by atoms with Crippen molar-refractivity contribution in [1.82, 2.24) is 14.3 Å². The van der Waals surface area contributed by atoms with Crippen molar-refractivity contribution in [3.63, 3.8) is 0 Å². The maximum atomic E-state index is 9.21. The Balaban J connectivity index is 2.41. The van der Waals surface area contributed by atoms with Gasteiger partial charge in [-0.2, -0.15) is 9.46 Å². The molecule has 0 bridgehead atoms. The summed E-state index contributed by atoms with van der Waals surface area (Å²) in [6.45, 7) is 0. The molecule has 16 heavy (non-hydrogen) atoms. The number of nitriles is 1. The molecule has 1 heterocycles. The van der Waals surface area contributed by atoms with E-state index in [2.05, 4.69) is 16.2 Å². The molecule has 0 fully saturated rings. The highest BCUT2D eigenvalue weighted by molar-refractivity contribution is 6.16. The topological polar surface area (TPSA) is 54.5 Å². The number of fused-ring (bicyclic) bond motifs is 3. The van der Waals surface area contributed by atoms with Crippen molar-refractivity contribution in [3.8, 4) is 17.5 Å². The van der Waals surface area contributed by atoms with Crippen LogP contribution in [0.15, 0.2) is 6.33 Å². The van der Waals surface area contributed by atoms with Crippen molar-refractivity contribution in [2.45, 2.75) is 25.7 Å². The number of aromatic nitrogens is 3. The summed E-state index contributed by atoms with van der Waals surface area (Å²) in [7, 11) is 0. The normalized spacial score (nSPS) is 14.8. The summed E-state index contributed by atoms with van der Waals surface area (Å²) in [5, 5.41) is 13.1. The summed E-state index contributed by atoms with van der Waals surface area (Å²) in [6.07, 6.45) is 5.58. The molecular formula is C11H9ClN4. The van der Waals surface area contributed by atoms with Crippen LogP contribution in [0.2, 0.25) is 0 Å². The Hall–Kier alpha value is -1.60. The fourth-order valence-corrected chi connectivity index (χ4v) is 2.70. The van der Waals surface area contributed by atoms with E-state index in [0.717, 1.165) is 42.5 Å². The molecule has 2 aliphatic carbocycles. The average molecular weight is 233 g/mol. The van der Waals surface area contributed by atoms with Crippen molar-refractivity contribution >= 4 is 11.8 Å². The van der Waals surface area contributed by atoms with E-state index >= 15 is 0 Å². The number of hydrogen-bond acceptors (Lipinski definition) is 3. The molecule has 4 nitrogen and oxygen atoms in total. The van der Waals surface area contributed by atoms with Gasteiger partial charge in [-0.3, -0.25) is 0 Å². The van der Waals surface area contributed by atoms with Crippen LogP contribution in [0.3, 0.4) is 0 Å². The lowest BCUT2D eigenvalue weighted by atomic mass is 9.94. The van der Waals surface area contributed by atoms with Crippen LogP contribution in [0.1, 0.15) is 29.5 Å². The first kappa shape index (κ1) is 9.61. The van der Waals surface area contributed by atoms with Gasteiger partial charge in [0.15, 0.2) is 0 Å². The Morgan fingerprint density at radius 2 is 2.06 bits per heavy atom. The first-order valence-corrected chi connectivity index (χ1v) is 5.60. The molecule has 0 N–H and O–H groups in total. The van der Waals surface area contributed by atoms with E-state index in [4.69, 9.17) is 11.8 Å². The molecule has 0 aromatic carbocycles. The monoisotopic (exact) mass is 232 g/mol. The molecule has 0 aromatic rings. The number of hydrogen-bond donors (Lipinski definition) is 0. The Kier molecular flexibility index (Phi) is 2.08. The zero-order chi connectivity index (χ0) is 11.1. The summed E-state index contributed by atoms with van der Waals surface area (Å²) in [6, 6.07) is 2.24. The number of halogens is 1. The second-order valence-corrected chi connectivity index (χ2v) is 4.29. The van der Waals surface area contributed by atoms with Crippen molar-refractivity contribution in [1.29, 1.82) is 5.26 Å². The molecule has 1 aliphatic heterocycles. The van der Waals surface area contributed by atoms with Crippen LogP contribution in [0, 0.1) is 11.3 Å². The molecule has 5 heteroatoms. The molecule has 0 spiro atoms. The van der Waals surface area contributed by atoms with Gasteiger partial charge in [-0.25, -0.2) is 4.98 Å². The van der Waals surface area contributed by atoms with E-state index in [0.29, 0.717) is 11.3 Å². The summed E-state index contributed by atoms with van der Waals surface area (Å²) in [5.74, 6) is 0. The van der Waals surface area contributed by atoms with E-state index in [1.807, 2.05) is 0 Å². The van der Waals surface area contributed by atoms with Crippen LogP contribution in [0.25, 0.3) is 11.4 Å². The van der Waals surface area contributed by atoms with E-state index in [-0.39, 0.29) is 0 Å². The lowest BCUT2D eigenvalue weighted by Crippen LogP contribution is -2.04. The first-order valence-electron chi connectivity index (χ1n) is 5.26. The van der Waals surface area contributed by atoms with Gasteiger partial charge in [0.1, 0.15) is 23.8 Å². The van der Waals surface area contributed by atoms with Gasteiger partial charge in [0.05, 0.1) is 5.56 Å². The zero-order valence-electron chi connectivity index (χ0n) is 8.57. The quantitative estimate of drug-likeness (QED) is 0.699. The average Bonchev–Trinajstić information content (AvgIpc) is 2.64. The van der Waals surface area contributed by atoms with Gasteiger partial charge in [0.25, 0.3) is 0 Å². The van der Waals surface area contributed by atoms with Crippen LogP contribution < -0.4 is 0 Å². The lowest BCUT2D eigenvalue weighted by Gasteiger charge is -2.12. The van der Waals surface area contributed by atoms with Crippen LogP contribution in [-0.4, -0.2) is 14.3 Å². The predicted molar refractivity (Wildman–Crippen MR) is 59.3 cm³/mol. The smallest absolute Gasteiger partial charge is 0.138 e. The molecule has 80 valence electrons. The Bertz CT molecular complexity index is 566. The third kappa shape index (κ3) is 1.15. The van der Waals surface area contributed by atoms with Gasteiger partial charge < -0.3 is 0 Å². The summed E-state index contributed by atoms with van der Waals surface area (Å²) in [4.78, 5) is 4.18. The molecule has 0 unspecified atom stereocenters. The van der Waals surface area contributed by atoms with Gasteiger partial charge >= 0.3 is 0 Å². The van der Waals surface area contributed by atoms with E-state index < -0.39 is 0 Å². The molecule has 0 saturated heterocycles. The lowest BCUT2D eigenvalue weighted by molar-refractivity contribution is 0.687. The highest BCUT2D eigenvalue weighted by Gasteiger charge is 2.28. The predicted octanol–water partition coefficient (Wildman–Crippen LogP) is 2.14. The van der Waals surface area contributed by atoms with Crippen LogP contribution >= 0.6 is 11.8 Å². The van der Waals surface area contributed by atoms with Crippen molar-refractivity contribution in [3.05, 3.63) is 23.0 Å². The van der Waals surface area contributed by atoms with Gasteiger partial charge in [-0.1, -0.05) is 0 Å². The number of nitrogens with zero attached hydrogens (tertiary/aromatic N) is 4. The maximum absolute atomic E-state index is 9.21. The Morgan fingerprint density at radius 1 is 1.31 bits per heavy atom. The minimum absolute atomic E-state index is 0.682. The van der Waals surface area contributed by atoms with Gasteiger partial charge in [-0.05, 0) is 36.8 Å². The SMILES string of the molecule is N#Cc1c2ncnn(Cl)c-2c2c1CCCC2. The van der Waals surface area contributed by atoms with Crippen molar-refractivity contribution in [2.24, 2.45) is 0 Å². The molecule has 0 saturated carbocycles. The zero-order valence-corrected chi connectivity index (χ0v) is 9.33. The number of rotatable bonds is 0. The molecule has 3 rings (SSSR count). The fourth-order valence-electron chi connectivity index (χ4n) is 2.48. The molecular weight excluding hydrogens is 224 g/mol. The largest absolute Gasteiger partial charge is 0.231 e.